The first kappa shape index (κ1) is 31.0. The summed E-state index contributed by atoms with van der Waals surface area (Å²) in [5.41, 5.74) is -1.88. The average molecular weight is 525 g/mol. The smallest absolute Gasteiger partial charge is 0.309 e. The number of carboxylic acids is 1. The molecule has 210 valence electrons. The minimum absolute atomic E-state index is 0.0231. The van der Waals surface area contributed by atoms with E-state index >= 15 is 0 Å². The number of carbonyl (C=O) groups excluding carboxylic acids is 2. The van der Waals surface area contributed by atoms with Crippen LogP contribution in [-0.2, 0) is 23.9 Å². The molecular formula is C28H44O9. The van der Waals surface area contributed by atoms with E-state index < -0.39 is 59.6 Å². The van der Waals surface area contributed by atoms with Crippen LogP contribution in [-0.4, -0.2) is 68.4 Å². The second-order valence-electron chi connectivity index (χ2n) is 11.9. The van der Waals surface area contributed by atoms with Crippen molar-refractivity contribution in [2.75, 3.05) is 6.61 Å². The fourth-order valence-corrected chi connectivity index (χ4v) is 5.96. The normalized spacial score (nSPS) is 32.2. The highest BCUT2D eigenvalue weighted by Crippen LogP contribution is 2.56. The van der Waals surface area contributed by atoms with Crippen LogP contribution in [0.5, 0.6) is 0 Å². The summed E-state index contributed by atoms with van der Waals surface area (Å²) in [4.78, 5) is 35.5. The van der Waals surface area contributed by atoms with E-state index in [2.05, 4.69) is 13.5 Å². The van der Waals surface area contributed by atoms with E-state index in [9.17, 15) is 29.7 Å². The summed E-state index contributed by atoms with van der Waals surface area (Å²) in [6.45, 7) is 12.2. The molecule has 0 bridgehead atoms. The number of fused-ring (bicyclic) bond motifs is 1. The van der Waals surface area contributed by atoms with Crippen LogP contribution in [0, 0.1) is 17.3 Å². The molecule has 37 heavy (non-hydrogen) atoms. The summed E-state index contributed by atoms with van der Waals surface area (Å²) in [5, 5.41) is 40.8. The third kappa shape index (κ3) is 8.65. The number of carboxylic acid groups (broad SMARTS) is 1. The highest BCUT2D eigenvalue weighted by atomic mass is 16.5. The molecule has 0 spiro atoms. The second kappa shape index (κ2) is 12.1. The predicted octanol–water partition coefficient (Wildman–Crippen LogP) is 3.30. The van der Waals surface area contributed by atoms with Gasteiger partial charge in [-0.1, -0.05) is 13.5 Å². The summed E-state index contributed by atoms with van der Waals surface area (Å²) in [6, 6.07) is 0. The van der Waals surface area contributed by atoms with Crippen molar-refractivity contribution in [3.63, 3.8) is 0 Å². The lowest BCUT2D eigenvalue weighted by atomic mass is 9.67. The van der Waals surface area contributed by atoms with E-state index in [1.54, 1.807) is 19.9 Å². The number of hydrogen-bond donors (Lipinski definition) is 4. The summed E-state index contributed by atoms with van der Waals surface area (Å²) < 4.78 is 11.2. The number of ether oxygens (including phenoxy) is 2. The molecule has 0 amide bonds. The van der Waals surface area contributed by atoms with E-state index in [0.717, 1.165) is 6.42 Å². The third-order valence-corrected chi connectivity index (χ3v) is 8.03. The van der Waals surface area contributed by atoms with Crippen LogP contribution >= 0.6 is 0 Å². The maximum absolute atomic E-state index is 12.4. The van der Waals surface area contributed by atoms with Crippen molar-refractivity contribution < 1.29 is 44.3 Å². The Morgan fingerprint density at radius 1 is 1.11 bits per heavy atom. The molecule has 2 aliphatic rings. The van der Waals surface area contributed by atoms with Crippen molar-refractivity contribution >= 4 is 17.9 Å². The van der Waals surface area contributed by atoms with E-state index in [-0.39, 0.29) is 18.4 Å². The Morgan fingerprint density at radius 2 is 1.76 bits per heavy atom. The van der Waals surface area contributed by atoms with Gasteiger partial charge in [-0.2, -0.15) is 0 Å². The Morgan fingerprint density at radius 3 is 2.32 bits per heavy atom. The van der Waals surface area contributed by atoms with Gasteiger partial charge in [0.05, 0.1) is 30.1 Å². The van der Waals surface area contributed by atoms with Crippen LogP contribution in [0.3, 0.4) is 0 Å². The molecule has 0 heterocycles. The Bertz CT molecular complexity index is 898. The molecule has 2 aliphatic carbocycles. The molecule has 0 aliphatic heterocycles. The first-order valence-corrected chi connectivity index (χ1v) is 13.0. The lowest BCUT2D eigenvalue weighted by molar-refractivity contribution is -0.153. The zero-order valence-corrected chi connectivity index (χ0v) is 22.8. The van der Waals surface area contributed by atoms with Crippen molar-refractivity contribution in [2.45, 2.75) is 109 Å². The van der Waals surface area contributed by atoms with Gasteiger partial charge in [0.1, 0.15) is 12.7 Å². The molecule has 0 radical (unpaired) electrons. The minimum atomic E-state index is -1.75. The fraction of sp³-hybridized carbons (Fsp3) is 0.750. The van der Waals surface area contributed by atoms with E-state index in [4.69, 9.17) is 14.6 Å². The van der Waals surface area contributed by atoms with Crippen molar-refractivity contribution in [2.24, 2.45) is 17.3 Å². The number of rotatable bonds is 8. The maximum atomic E-state index is 12.4. The molecule has 1 saturated carbocycles. The number of aliphatic hydroxyl groups excluding tert-OH is 1. The van der Waals surface area contributed by atoms with Gasteiger partial charge in [-0.05, 0) is 88.4 Å². The lowest BCUT2D eigenvalue weighted by Crippen LogP contribution is -2.43. The zero-order valence-electron chi connectivity index (χ0n) is 22.8. The topological polar surface area (TPSA) is 151 Å². The monoisotopic (exact) mass is 524 g/mol. The van der Waals surface area contributed by atoms with Gasteiger partial charge in [0.15, 0.2) is 0 Å². The highest BCUT2D eigenvalue weighted by Gasteiger charge is 2.54. The van der Waals surface area contributed by atoms with Crippen LogP contribution in [0.15, 0.2) is 23.8 Å². The molecule has 2 unspecified atom stereocenters. The molecule has 0 saturated heterocycles. The quantitative estimate of drug-likeness (QED) is 0.277. The van der Waals surface area contributed by atoms with Gasteiger partial charge in [-0.15, -0.1) is 0 Å². The van der Waals surface area contributed by atoms with Crippen LogP contribution in [0.2, 0.25) is 0 Å². The lowest BCUT2D eigenvalue weighted by Gasteiger charge is -2.42. The first-order chi connectivity index (χ1) is 16.9. The highest BCUT2D eigenvalue weighted by molar-refractivity contribution is 5.74. The average Bonchev–Trinajstić information content (AvgIpc) is 3.08. The van der Waals surface area contributed by atoms with Crippen LogP contribution in [0.1, 0.15) is 86.0 Å². The zero-order chi connectivity index (χ0) is 28.2. The van der Waals surface area contributed by atoms with Crippen molar-refractivity contribution in [1.82, 2.24) is 0 Å². The number of carbonyl (C=O) groups is 3. The Labute approximate surface area is 219 Å². The van der Waals surface area contributed by atoms with Gasteiger partial charge < -0.3 is 29.9 Å². The summed E-state index contributed by atoms with van der Waals surface area (Å²) in [5.74, 6) is -2.51. The van der Waals surface area contributed by atoms with Crippen LogP contribution in [0.4, 0.5) is 0 Å². The fourth-order valence-electron chi connectivity index (χ4n) is 5.96. The van der Waals surface area contributed by atoms with E-state index in [1.165, 1.54) is 13.8 Å². The molecule has 4 N–H and O–H groups in total. The third-order valence-electron chi connectivity index (χ3n) is 8.03. The summed E-state index contributed by atoms with van der Waals surface area (Å²) in [6.07, 6.45) is 2.68. The van der Waals surface area contributed by atoms with Gasteiger partial charge in [0.2, 0.25) is 0 Å². The molecule has 0 aromatic carbocycles. The van der Waals surface area contributed by atoms with Crippen LogP contribution in [0.25, 0.3) is 0 Å². The Balaban J connectivity index is 2.39. The SMILES string of the molecule is C=C1CC[C@H]2[C@H](C(C)(C)O)CC[C@]2(C)C(OC(C)=O)/C=C(/COC(=O)CC(C)(O)CC(=O)O)CC[C@@H]1O. The van der Waals surface area contributed by atoms with Gasteiger partial charge in [-0.3, -0.25) is 14.4 Å². The van der Waals surface area contributed by atoms with Crippen LogP contribution < -0.4 is 0 Å². The molecule has 9 nitrogen and oxygen atoms in total. The molecule has 6 atom stereocenters. The molecule has 9 heteroatoms. The standard InChI is InChI=1S/C28H44O9/c1-17-7-9-21-20(26(3,4)34)11-12-28(21,6)23(37-18(2)29)13-19(8-10-22(17)30)16-36-25(33)15-27(5,35)14-24(31)32/h13,20-23,30,34-35H,1,7-12,14-16H2,2-6H3,(H,31,32)/b19-13+/t20-,21+,22+,23?,27?,28+/m1/s1. The number of aliphatic hydroxyl groups is 3. The molecule has 1 fully saturated rings. The van der Waals surface area contributed by atoms with Crippen molar-refractivity contribution in [3.8, 4) is 0 Å². The van der Waals surface area contributed by atoms with Crippen molar-refractivity contribution in [3.05, 3.63) is 23.8 Å². The van der Waals surface area contributed by atoms with Gasteiger partial charge in [0.25, 0.3) is 0 Å². The summed E-state index contributed by atoms with van der Waals surface area (Å²) in [7, 11) is 0. The Kier molecular flexibility index (Phi) is 10.1. The minimum Gasteiger partial charge on any atom is -0.481 e. The molecule has 0 aromatic heterocycles. The van der Waals surface area contributed by atoms with E-state index in [1.807, 2.05) is 0 Å². The predicted molar refractivity (Wildman–Crippen MR) is 136 cm³/mol. The number of esters is 2. The number of hydrogen-bond acceptors (Lipinski definition) is 8. The largest absolute Gasteiger partial charge is 0.481 e. The maximum Gasteiger partial charge on any atom is 0.309 e. The van der Waals surface area contributed by atoms with E-state index in [0.29, 0.717) is 43.3 Å². The summed E-state index contributed by atoms with van der Waals surface area (Å²) >= 11 is 0. The van der Waals surface area contributed by atoms with Gasteiger partial charge in [0, 0.05) is 12.3 Å². The van der Waals surface area contributed by atoms with Crippen molar-refractivity contribution in [1.29, 1.82) is 0 Å². The van der Waals surface area contributed by atoms with Gasteiger partial charge in [-0.25, -0.2) is 0 Å². The second-order valence-corrected chi connectivity index (χ2v) is 11.9. The van der Waals surface area contributed by atoms with Gasteiger partial charge >= 0.3 is 17.9 Å². The molecule has 0 aromatic rings. The Hall–Kier alpha value is -2.23. The first-order valence-electron chi connectivity index (χ1n) is 13.0. The number of aliphatic carboxylic acids is 1. The molecule has 2 rings (SSSR count). The molecular weight excluding hydrogens is 480 g/mol.